The summed E-state index contributed by atoms with van der Waals surface area (Å²) in [7, 11) is 9.63. The van der Waals surface area contributed by atoms with E-state index in [1.54, 1.807) is 0 Å². The fourth-order valence-electron chi connectivity index (χ4n) is 1.35. The number of allylic oxidation sites excluding steroid dienone is 2. The van der Waals surface area contributed by atoms with Gasteiger partial charge in [0.05, 0.1) is 0 Å². The van der Waals surface area contributed by atoms with Crippen LogP contribution in [0.15, 0.2) is 12.2 Å². The van der Waals surface area contributed by atoms with Crippen molar-refractivity contribution in [2.24, 2.45) is 0 Å². The van der Waals surface area contributed by atoms with Gasteiger partial charge in [-0.05, 0) is 25.7 Å². The zero-order chi connectivity index (χ0) is 16.1. The predicted molar refractivity (Wildman–Crippen MR) is 109 cm³/mol. The van der Waals surface area contributed by atoms with Crippen molar-refractivity contribution in [3.8, 4) is 0 Å². The third kappa shape index (κ3) is 49.6. The van der Waals surface area contributed by atoms with Crippen LogP contribution in [-0.2, 0) is 20.7 Å². The minimum atomic E-state index is -0.106. The Hall–Kier alpha value is 1.34. The number of Topliss-reactive ketones (excluding diaryl/α,β-unsaturated/α-hetero) is 1. The minimum absolute atomic E-state index is 0. The summed E-state index contributed by atoms with van der Waals surface area (Å²) >= 11 is -0.106. The van der Waals surface area contributed by atoms with Crippen LogP contribution in [0, 0.1) is 0 Å². The molecule has 0 amide bonds. The van der Waals surface area contributed by atoms with Crippen LogP contribution in [0.1, 0.15) is 85.5 Å². The molecule has 22 heavy (non-hydrogen) atoms. The summed E-state index contributed by atoms with van der Waals surface area (Å²) in [6.45, 7) is 8.57. The average Bonchev–Trinajstić information content (AvgIpc) is 2.43. The summed E-state index contributed by atoms with van der Waals surface area (Å²) in [4.78, 5) is 10.8. The second kappa shape index (κ2) is 38.1. The van der Waals surface area contributed by atoms with Crippen LogP contribution in [0.4, 0.5) is 0 Å². The Morgan fingerprint density at radius 1 is 0.864 bits per heavy atom. The van der Waals surface area contributed by atoms with Crippen molar-refractivity contribution in [1.29, 1.82) is 0 Å². The van der Waals surface area contributed by atoms with Crippen LogP contribution in [0.2, 0.25) is 0 Å². The van der Waals surface area contributed by atoms with E-state index < -0.39 is 0 Å². The summed E-state index contributed by atoms with van der Waals surface area (Å²) in [5.74, 6) is 0.430. The SMILES string of the molecule is CCC/C=C/CCC.CCCCC(=O)CCC.I.O.[Cl][Pd][Cl]. The van der Waals surface area contributed by atoms with E-state index in [-0.39, 0.29) is 45.4 Å². The molecule has 0 aliphatic carbocycles. The molecule has 0 saturated carbocycles. The predicted octanol–water partition coefficient (Wildman–Crippen LogP) is 6.86. The zero-order valence-electron chi connectivity index (χ0n) is 14.4. The van der Waals surface area contributed by atoms with Crippen LogP contribution in [-0.4, -0.2) is 11.3 Å². The first-order valence-electron chi connectivity index (χ1n) is 7.63. The fourth-order valence-corrected chi connectivity index (χ4v) is 1.35. The molecule has 2 nitrogen and oxygen atoms in total. The molecule has 0 bridgehead atoms. The van der Waals surface area contributed by atoms with E-state index >= 15 is 0 Å². The molecule has 0 aromatic rings. The van der Waals surface area contributed by atoms with Gasteiger partial charge in [-0.3, -0.25) is 4.79 Å². The van der Waals surface area contributed by atoms with E-state index in [0.717, 1.165) is 32.1 Å². The molecule has 0 spiro atoms. The molecule has 0 unspecified atom stereocenters. The normalized spacial score (nSPS) is 8.82. The molecule has 0 fully saturated rings. The van der Waals surface area contributed by atoms with Crippen molar-refractivity contribution in [1.82, 2.24) is 0 Å². The number of halogens is 3. The van der Waals surface area contributed by atoms with Gasteiger partial charge in [-0.1, -0.05) is 59.1 Å². The number of rotatable bonds is 9. The Morgan fingerprint density at radius 2 is 1.27 bits per heavy atom. The van der Waals surface area contributed by atoms with E-state index in [1.165, 1.54) is 25.7 Å². The first-order chi connectivity index (χ1) is 9.64. The van der Waals surface area contributed by atoms with Gasteiger partial charge in [-0.2, -0.15) is 0 Å². The van der Waals surface area contributed by atoms with Gasteiger partial charge in [-0.25, -0.2) is 0 Å². The molecule has 0 rings (SSSR count). The molecular weight excluding hydrogens is 528 g/mol. The van der Waals surface area contributed by atoms with Gasteiger partial charge in [0.25, 0.3) is 0 Å². The second-order valence-electron chi connectivity index (χ2n) is 4.49. The molecule has 0 heterocycles. The topological polar surface area (TPSA) is 48.6 Å². The Labute approximate surface area is 171 Å². The molecule has 0 atom stereocenters. The molecule has 142 valence electrons. The van der Waals surface area contributed by atoms with Crippen molar-refractivity contribution in [3.63, 3.8) is 0 Å². The fraction of sp³-hybridized carbons (Fsp3) is 0.812. The van der Waals surface area contributed by atoms with Crippen LogP contribution in [0.5, 0.6) is 0 Å². The number of carbonyl (C=O) groups excluding carboxylic acids is 1. The molecule has 0 aliphatic heterocycles. The van der Waals surface area contributed by atoms with E-state index in [0.29, 0.717) is 5.78 Å². The van der Waals surface area contributed by atoms with E-state index in [9.17, 15) is 4.79 Å². The molecule has 6 heteroatoms. The van der Waals surface area contributed by atoms with Gasteiger partial charge in [0.15, 0.2) is 0 Å². The summed E-state index contributed by atoms with van der Waals surface area (Å²) < 4.78 is 0. The summed E-state index contributed by atoms with van der Waals surface area (Å²) in [5.41, 5.74) is 0. The Bertz CT molecular complexity index is 199. The Kier molecular flexibility index (Phi) is 60.0. The standard InChI is InChI=1S/C8H16O.C8H16.2ClH.HI.H2O.Pd/c1-3-5-7-8(9)6-4-2;1-3-5-7-8-6-4-2;;;;;/h3-7H2,1-2H3;7-8H,3-6H2,1-2H3;3*1H;1H2;/q;;;;;;+2/p-2/b;8-7+;;;;;. The molecule has 2 N–H and O–H groups in total. The summed E-state index contributed by atoms with van der Waals surface area (Å²) in [6, 6.07) is 0. The van der Waals surface area contributed by atoms with E-state index in [2.05, 4.69) is 32.9 Å². The molecular formula is C16H35Cl2IO2Pd. The van der Waals surface area contributed by atoms with Crippen molar-refractivity contribution in [2.45, 2.75) is 85.5 Å². The Balaban J connectivity index is -0.0000000692. The van der Waals surface area contributed by atoms with Gasteiger partial charge < -0.3 is 5.48 Å². The summed E-state index contributed by atoms with van der Waals surface area (Å²) in [5, 5.41) is 0. The number of hydrogen-bond acceptors (Lipinski definition) is 1. The molecule has 0 radical (unpaired) electrons. The number of unbranched alkanes of at least 4 members (excludes halogenated alkanes) is 3. The second-order valence-corrected chi connectivity index (χ2v) is 6.85. The van der Waals surface area contributed by atoms with Crippen molar-refractivity contribution < 1.29 is 26.2 Å². The molecule has 0 saturated heterocycles. The van der Waals surface area contributed by atoms with Crippen LogP contribution in [0.3, 0.4) is 0 Å². The van der Waals surface area contributed by atoms with Gasteiger partial charge in [0, 0.05) is 12.8 Å². The van der Waals surface area contributed by atoms with E-state index in [1.807, 2.05) is 6.92 Å². The monoisotopic (exact) mass is 562 g/mol. The summed E-state index contributed by atoms with van der Waals surface area (Å²) in [6.07, 6.45) is 14.4. The van der Waals surface area contributed by atoms with Crippen LogP contribution in [0.25, 0.3) is 0 Å². The van der Waals surface area contributed by atoms with Crippen LogP contribution >= 0.6 is 43.0 Å². The van der Waals surface area contributed by atoms with E-state index in [4.69, 9.17) is 19.1 Å². The first-order valence-corrected chi connectivity index (χ1v) is 11.6. The number of carbonyl (C=O) groups is 1. The number of hydrogen-bond donors (Lipinski definition) is 0. The maximum atomic E-state index is 10.8. The van der Waals surface area contributed by atoms with Crippen molar-refractivity contribution in [2.75, 3.05) is 0 Å². The molecule has 0 aromatic heterocycles. The van der Waals surface area contributed by atoms with Crippen molar-refractivity contribution in [3.05, 3.63) is 12.2 Å². The zero-order valence-corrected chi connectivity index (χ0v) is 19.8. The third-order valence-corrected chi connectivity index (χ3v) is 2.42. The first kappa shape index (κ1) is 34.6. The van der Waals surface area contributed by atoms with Gasteiger partial charge in [-0.15, -0.1) is 24.0 Å². The third-order valence-electron chi connectivity index (χ3n) is 2.42. The molecule has 0 aromatic carbocycles. The Morgan fingerprint density at radius 3 is 1.55 bits per heavy atom. The maximum absolute atomic E-state index is 10.8. The van der Waals surface area contributed by atoms with Gasteiger partial charge >= 0.3 is 35.0 Å². The number of ketones is 1. The van der Waals surface area contributed by atoms with Crippen LogP contribution < -0.4 is 0 Å². The van der Waals surface area contributed by atoms with Crippen molar-refractivity contribution >= 4 is 48.8 Å². The molecule has 0 aliphatic rings. The van der Waals surface area contributed by atoms with Gasteiger partial charge in [0.2, 0.25) is 0 Å². The quantitative estimate of drug-likeness (QED) is 0.172. The average molecular weight is 564 g/mol. The van der Waals surface area contributed by atoms with Gasteiger partial charge in [0.1, 0.15) is 5.78 Å².